The quantitative estimate of drug-likeness (QED) is 0.794. The maximum Gasteiger partial charge on any atom is 0.127 e. The number of hydrogen-bond acceptors (Lipinski definition) is 3. The van der Waals surface area contributed by atoms with Crippen LogP contribution < -0.4 is 4.74 Å². The van der Waals surface area contributed by atoms with Crippen molar-refractivity contribution in [2.45, 2.75) is 26.5 Å². The Hall–Kier alpha value is -1.81. The molecule has 4 heteroatoms. The fourth-order valence-corrected chi connectivity index (χ4v) is 1.88. The van der Waals surface area contributed by atoms with Gasteiger partial charge in [-0.15, -0.1) is 0 Å². The molecule has 0 aliphatic rings. The Bertz CT molecular complexity index is 481. The third-order valence-electron chi connectivity index (χ3n) is 2.83. The summed E-state index contributed by atoms with van der Waals surface area (Å²) in [4.78, 5) is 3.99. The van der Waals surface area contributed by atoms with E-state index in [1.807, 2.05) is 35.9 Å². The van der Waals surface area contributed by atoms with Crippen molar-refractivity contribution in [2.75, 3.05) is 6.61 Å². The smallest absolute Gasteiger partial charge is 0.127 e. The molecule has 0 amide bonds. The van der Waals surface area contributed by atoms with Crippen LogP contribution in [0.2, 0.25) is 0 Å². The molecule has 0 radical (unpaired) electrons. The number of aromatic nitrogens is 2. The fraction of sp³-hybridized carbons (Fsp3) is 0.357. The Labute approximate surface area is 107 Å². The molecule has 96 valence electrons. The maximum atomic E-state index is 9.26. The average Bonchev–Trinajstić information content (AvgIpc) is 2.89. The number of rotatable bonds is 6. The molecule has 2 aromatic rings. The molecule has 1 heterocycles. The van der Waals surface area contributed by atoms with Crippen molar-refractivity contribution in [1.82, 2.24) is 9.55 Å². The van der Waals surface area contributed by atoms with Gasteiger partial charge >= 0.3 is 0 Å². The zero-order valence-corrected chi connectivity index (χ0v) is 10.5. The van der Waals surface area contributed by atoms with Crippen LogP contribution in [0.3, 0.4) is 0 Å². The average molecular weight is 246 g/mol. The van der Waals surface area contributed by atoms with Crippen LogP contribution in [0.5, 0.6) is 5.75 Å². The van der Waals surface area contributed by atoms with Gasteiger partial charge in [0, 0.05) is 24.5 Å². The lowest BCUT2D eigenvalue weighted by atomic mass is 10.1. The maximum absolute atomic E-state index is 9.26. The molecular formula is C14H18N2O2. The van der Waals surface area contributed by atoms with E-state index in [0.717, 1.165) is 29.8 Å². The van der Waals surface area contributed by atoms with E-state index in [4.69, 9.17) is 4.74 Å². The van der Waals surface area contributed by atoms with Gasteiger partial charge in [-0.05, 0) is 18.9 Å². The first-order chi connectivity index (χ1) is 8.81. The highest BCUT2D eigenvalue weighted by Crippen LogP contribution is 2.23. The molecule has 4 nitrogen and oxygen atoms in total. The van der Waals surface area contributed by atoms with E-state index in [1.54, 1.807) is 12.5 Å². The summed E-state index contributed by atoms with van der Waals surface area (Å²) in [6.45, 7) is 3.53. The van der Waals surface area contributed by atoms with Gasteiger partial charge in [0.05, 0.1) is 19.5 Å². The van der Waals surface area contributed by atoms with E-state index >= 15 is 0 Å². The van der Waals surface area contributed by atoms with E-state index < -0.39 is 0 Å². The Balaban J connectivity index is 1.86. The summed E-state index contributed by atoms with van der Waals surface area (Å²) in [6, 6.07) is 5.81. The van der Waals surface area contributed by atoms with Gasteiger partial charge in [0.1, 0.15) is 5.75 Å². The summed E-state index contributed by atoms with van der Waals surface area (Å²) < 4.78 is 7.79. The van der Waals surface area contributed by atoms with Gasteiger partial charge in [-0.1, -0.05) is 18.2 Å². The number of aliphatic hydroxyl groups excluding tert-OH is 1. The van der Waals surface area contributed by atoms with Crippen LogP contribution >= 0.6 is 0 Å². The normalized spacial score (nSPS) is 10.6. The summed E-state index contributed by atoms with van der Waals surface area (Å²) in [5, 5.41) is 9.26. The molecule has 18 heavy (non-hydrogen) atoms. The van der Waals surface area contributed by atoms with Gasteiger partial charge in [0.25, 0.3) is 0 Å². The molecule has 0 aliphatic carbocycles. The van der Waals surface area contributed by atoms with E-state index in [0.29, 0.717) is 6.61 Å². The predicted octanol–water partition coefficient (Wildman–Crippen LogP) is 2.15. The highest BCUT2D eigenvalue weighted by molar-refractivity contribution is 5.40. The molecule has 1 aromatic carbocycles. The monoisotopic (exact) mass is 246 g/mol. The van der Waals surface area contributed by atoms with Gasteiger partial charge in [-0.2, -0.15) is 0 Å². The zero-order chi connectivity index (χ0) is 12.8. The summed E-state index contributed by atoms with van der Waals surface area (Å²) in [7, 11) is 0. The SMILES string of the molecule is Cc1cccc(CO)c1OCCCn1ccnc1. The van der Waals surface area contributed by atoms with Crippen LogP contribution in [0.25, 0.3) is 0 Å². The van der Waals surface area contributed by atoms with Crippen LogP contribution in [-0.2, 0) is 13.2 Å². The third-order valence-corrected chi connectivity index (χ3v) is 2.83. The van der Waals surface area contributed by atoms with Gasteiger partial charge in [-0.3, -0.25) is 0 Å². The first-order valence-electron chi connectivity index (χ1n) is 6.09. The molecule has 0 bridgehead atoms. The number of nitrogens with zero attached hydrogens (tertiary/aromatic N) is 2. The van der Waals surface area contributed by atoms with Crippen molar-refractivity contribution in [3.8, 4) is 5.75 Å². The van der Waals surface area contributed by atoms with Gasteiger partial charge < -0.3 is 14.4 Å². The minimum Gasteiger partial charge on any atom is -0.493 e. The first-order valence-corrected chi connectivity index (χ1v) is 6.09. The van der Waals surface area contributed by atoms with Crippen molar-refractivity contribution in [3.63, 3.8) is 0 Å². The minimum absolute atomic E-state index is 0.0124. The molecule has 0 atom stereocenters. The zero-order valence-electron chi connectivity index (χ0n) is 10.5. The number of aliphatic hydroxyl groups is 1. The lowest BCUT2D eigenvalue weighted by Gasteiger charge is -2.12. The van der Waals surface area contributed by atoms with Crippen LogP contribution in [0, 0.1) is 6.92 Å². The summed E-state index contributed by atoms with van der Waals surface area (Å²) in [5.41, 5.74) is 1.90. The fourth-order valence-electron chi connectivity index (χ4n) is 1.88. The lowest BCUT2D eigenvalue weighted by molar-refractivity contribution is 0.258. The molecular weight excluding hydrogens is 228 g/mol. The number of imidazole rings is 1. The van der Waals surface area contributed by atoms with Crippen LogP contribution in [0.4, 0.5) is 0 Å². The molecule has 0 spiro atoms. The van der Waals surface area contributed by atoms with E-state index in [-0.39, 0.29) is 6.61 Å². The third kappa shape index (κ3) is 3.11. The number of aryl methyl sites for hydroxylation is 2. The highest BCUT2D eigenvalue weighted by Gasteiger charge is 2.05. The molecule has 2 rings (SSSR count). The molecule has 0 aliphatic heterocycles. The molecule has 0 fully saturated rings. The topological polar surface area (TPSA) is 47.3 Å². The molecule has 1 aromatic heterocycles. The van der Waals surface area contributed by atoms with Gasteiger partial charge in [0.2, 0.25) is 0 Å². The number of benzene rings is 1. The Morgan fingerprint density at radius 3 is 3.00 bits per heavy atom. The van der Waals surface area contributed by atoms with Crippen molar-refractivity contribution < 1.29 is 9.84 Å². The summed E-state index contributed by atoms with van der Waals surface area (Å²) in [6.07, 6.45) is 6.42. The van der Waals surface area contributed by atoms with Crippen molar-refractivity contribution in [2.24, 2.45) is 0 Å². The summed E-state index contributed by atoms with van der Waals surface area (Å²) in [5.74, 6) is 0.811. The van der Waals surface area contributed by atoms with Gasteiger partial charge in [-0.25, -0.2) is 4.98 Å². The second-order valence-corrected chi connectivity index (χ2v) is 4.22. The second kappa shape index (κ2) is 6.21. The van der Waals surface area contributed by atoms with Crippen molar-refractivity contribution in [3.05, 3.63) is 48.0 Å². The largest absolute Gasteiger partial charge is 0.493 e. The molecule has 1 N–H and O–H groups in total. The van der Waals surface area contributed by atoms with E-state index in [2.05, 4.69) is 4.98 Å². The standard InChI is InChI=1S/C14H18N2O2/c1-12-4-2-5-13(10-17)14(12)18-9-3-7-16-8-6-15-11-16/h2,4-6,8,11,17H,3,7,9-10H2,1H3. The molecule has 0 saturated carbocycles. The Morgan fingerprint density at radius 1 is 1.39 bits per heavy atom. The first kappa shape index (κ1) is 12.6. The van der Waals surface area contributed by atoms with Crippen LogP contribution in [0.15, 0.2) is 36.9 Å². The van der Waals surface area contributed by atoms with Crippen LogP contribution in [-0.4, -0.2) is 21.3 Å². The Kier molecular flexibility index (Phi) is 4.36. The van der Waals surface area contributed by atoms with E-state index in [9.17, 15) is 5.11 Å². The summed E-state index contributed by atoms with van der Waals surface area (Å²) >= 11 is 0. The lowest BCUT2D eigenvalue weighted by Crippen LogP contribution is -2.05. The van der Waals surface area contributed by atoms with Crippen molar-refractivity contribution >= 4 is 0 Å². The van der Waals surface area contributed by atoms with Crippen molar-refractivity contribution in [1.29, 1.82) is 0 Å². The van der Waals surface area contributed by atoms with Crippen LogP contribution in [0.1, 0.15) is 17.5 Å². The Morgan fingerprint density at radius 2 is 2.28 bits per heavy atom. The number of hydrogen-bond donors (Lipinski definition) is 1. The number of para-hydroxylation sites is 1. The number of ether oxygens (including phenoxy) is 1. The molecule has 0 unspecified atom stereocenters. The highest BCUT2D eigenvalue weighted by atomic mass is 16.5. The minimum atomic E-state index is 0.0124. The second-order valence-electron chi connectivity index (χ2n) is 4.22. The molecule has 0 saturated heterocycles. The predicted molar refractivity (Wildman–Crippen MR) is 69.4 cm³/mol. The van der Waals surface area contributed by atoms with Gasteiger partial charge in [0.15, 0.2) is 0 Å². The van der Waals surface area contributed by atoms with E-state index in [1.165, 1.54) is 0 Å².